The van der Waals surface area contributed by atoms with Gasteiger partial charge in [0.15, 0.2) is 0 Å². The standard InChI is InChI=1S/C5H9Cl2NOS/c6-5(7)3-4(5)1-2-10(8)9/h4H,1-3,8H2. The molecule has 0 aromatic heterocycles. The first-order chi connectivity index (χ1) is 4.52. The normalized spacial score (nSPS) is 31.7. The van der Waals surface area contributed by atoms with Crippen molar-refractivity contribution in [3.8, 4) is 0 Å². The van der Waals surface area contributed by atoms with E-state index in [0.29, 0.717) is 11.7 Å². The molecule has 1 rings (SSSR count). The van der Waals surface area contributed by atoms with E-state index in [4.69, 9.17) is 28.3 Å². The summed E-state index contributed by atoms with van der Waals surface area (Å²) in [6, 6.07) is 0. The number of alkyl halides is 2. The van der Waals surface area contributed by atoms with Crippen LogP contribution in [-0.4, -0.2) is 14.3 Å². The van der Waals surface area contributed by atoms with Crippen molar-refractivity contribution >= 4 is 34.2 Å². The van der Waals surface area contributed by atoms with Crippen LogP contribution in [0.3, 0.4) is 0 Å². The highest BCUT2D eigenvalue weighted by Gasteiger charge is 2.50. The van der Waals surface area contributed by atoms with Crippen LogP contribution in [-0.2, 0) is 11.0 Å². The first kappa shape index (κ1) is 8.78. The summed E-state index contributed by atoms with van der Waals surface area (Å²) in [6.07, 6.45) is 1.59. The molecule has 1 aliphatic rings. The molecule has 2 unspecified atom stereocenters. The average molecular weight is 202 g/mol. The van der Waals surface area contributed by atoms with Gasteiger partial charge in [-0.25, -0.2) is 4.21 Å². The Bertz CT molecular complexity index is 162. The zero-order valence-corrected chi connectivity index (χ0v) is 7.68. The predicted octanol–water partition coefficient (Wildman–Crippen LogP) is 1.19. The first-order valence-corrected chi connectivity index (χ1v) is 5.17. The molecule has 60 valence electrons. The lowest BCUT2D eigenvalue weighted by Gasteiger charge is -1.96. The Hall–Kier alpha value is 0.690. The Morgan fingerprint density at radius 1 is 1.70 bits per heavy atom. The van der Waals surface area contributed by atoms with Gasteiger partial charge in [0, 0.05) is 5.75 Å². The van der Waals surface area contributed by atoms with Gasteiger partial charge in [0.2, 0.25) is 0 Å². The molecule has 0 aromatic rings. The maximum absolute atomic E-state index is 10.4. The second-order valence-electron chi connectivity index (χ2n) is 2.54. The van der Waals surface area contributed by atoms with Crippen molar-refractivity contribution in [2.75, 3.05) is 5.75 Å². The third-order valence-corrected chi connectivity index (χ3v) is 3.19. The van der Waals surface area contributed by atoms with Crippen LogP contribution in [0.25, 0.3) is 0 Å². The monoisotopic (exact) mass is 201 g/mol. The van der Waals surface area contributed by atoms with E-state index in [1.54, 1.807) is 0 Å². The van der Waals surface area contributed by atoms with Crippen LogP contribution in [0.15, 0.2) is 0 Å². The highest BCUT2D eigenvalue weighted by Crippen LogP contribution is 2.54. The lowest BCUT2D eigenvalue weighted by atomic mass is 10.3. The SMILES string of the molecule is NS(=O)CCC1CC1(Cl)Cl. The molecule has 0 spiro atoms. The lowest BCUT2D eigenvalue weighted by molar-refractivity contribution is 0.677. The van der Waals surface area contributed by atoms with Gasteiger partial charge in [0.25, 0.3) is 0 Å². The Morgan fingerprint density at radius 2 is 2.20 bits per heavy atom. The summed E-state index contributed by atoms with van der Waals surface area (Å²) in [5.74, 6) is 0.814. The van der Waals surface area contributed by atoms with Crippen LogP contribution < -0.4 is 5.14 Å². The number of rotatable bonds is 3. The molecule has 1 aliphatic carbocycles. The van der Waals surface area contributed by atoms with Crippen LogP contribution in [0, 0.1) is 5.92 Å². The van der Waals surface area contributed by atoms with E-state index in [1.165, 1.54) is 0 Å². The fraction of sp³-hybridized carbons (Fsp3) is 1.00. The number of nitrogens with two attached hydrogens (primary N) is 1. The van der Waals surface area contributed by atoms with Gasteiger partial charge in [-0.3, -0.25) is 5.14 Å². The number of hydrogen-bond acceptors (Lipinski definition) is 1. The molecule has 0 saturated heterocycles. The summed E-state index contributed by atoms with van der Waals surface area (Å²) in [5.41, 5.74) is 0. The van der Waals surface area contributed by atoms with Crippen molar-refractivity contribution in [2.45, 2.75) is 17.2 Å². The molecule has 0 amide bonds. The fourth-order valence-corrected chi connectivity index (χ4v) is 1.95. The van der Waals surface area contributed by atoms with Gasteiger partial charge in [-0.05, 0) is 18.8 Å². The van der Waals surface area contributed by atoms with Gasteiger partial charge in [0.05, 0.1) is 11.0 Å². The molecule has 0 heterocycles. The number of halogens is 2. The quantitative estimate of drug-likeness (QED) is 0.686. The summed E-state index contributed by atoms with van der Waals surface area (Å²) in [6.45, 7) is 0. The Labute approximate surface area is 72.6 Å². The minimum atomic E-state index is -1.20. The van der Waals surface area contributed by atoms with E-state index in [0.717, 1.165) is 12.8 Å². The zero-order valence-electron chi connectivity index (χ0n) is 5.35. The van der Waals surface area contributed by atoms with Gasteiger partial charge >= 0.3 is 0 Å². The minimum absolute atomic E-state index is 0.309. The zero-order chi connectivity index (χ0) is 7.78. The van der Waals surface area contributed by atoms with Gasteiger partial charge in [-0.2, -0.15) is 0 Å². The van der Waals surface area contributed by atoms with Gasteiger partial charge in [0.1, 0.15) is 4.33 Å². The van der Waals surface area contributed by atoms with E-state index in [9.17, 15) is 4.21 Å². The molecule has 10 heavy (non-hydrogen) atoms. The van der Waals surface area contributed by atoms with Crippen molar-refractivity contribution in [1.29, 1.82) is 0 Å². The van der Waals surface area contributed by atoms with Crippen molar-refractivity contribution in [3.05, 3.63) is 0 Å². The second-order valence-corrected chi connectivity index (χ2v) is 5.25. The van der Waals surface area contributed by atoms with E-state index in [1.807, 2.05) is 0 Å². The maximum Gasteiger partial charge on any atom is 0.121 e. The Morgan fingerprint density at radius 3 is 2.50 bits per heavy atom. The highest BCUT2D eigenvalue weighted by molar-refractivity contribution is 7.82. The smallest absolute Gasteiger partial charge is 0.121 e. The van der Waals surface area contributed by atoms with Crippen LogP contribution in [0.2, 0.25) is 0 Å². The van der Waals surface area contributed by atoms with Crippen molar-refractivity contribution in [1.82, 2.24) is 0 Å². The van der Waals surface area contributed by atoms with Gasteiger partial charge < -0.3 is 0 Å². The fourth-order valence-electron chi connectivity index (χ4n) is 0.841. The molecule has 5 heteroatoms. The first-order valence-electron chi connectivity index (χ1n) is 3.03. The summed E-state index contributed by atoms with van der Waals surface area (Å²) in [5, 5.41) is 5.04. The third kappa shape index (κ3) is 2.38. The van der Waals surface area contributed by atoms with Gasteiger partial charge in [-0.1, -0.05) is 0 Å². The second kappa shape index (κ2) is 2.97. The van der Waals surface area contributed by atoms with Crippen LogP contribution in [0.4, 0.5) is 0 Å². The topological polar surface area (TPSA) is 43.1 Å². The molecule has 0 bridgehead atoms. The molecule has 1 fully saturated rings. The molecule has 0 aliphatic heterocycles. The molecule has 0 radical (unpaired) electrons. The van der Waals surface area contributed by atoms with Crippen molar-refractivity contribution in [2.24, 2.45) is 11.1 Å². The molecule has 0 aromatic carbocycles. The van der Waals surface area contributed by atoms with E-state index >= 15 is 0 Å². The largest absolute Gasteiger partial charge is 0.252 e. The van der Waals surface area contributed by atoms with Crippen LogP contribution in [0.1, 0.15) is 12.8 Å². The maximum atomic E-state index is 10.4. The van der Waals surface area contributed by atoms with Crippen LogP contribution in [0.5, 0.6) is 0 Å². The molecule has 2 atom stereocenters. The average Bonchev–Trinajstić information content (AvgIpc) is 2.35. The van der Waals surface area contributed by atoms with Crippen molar-refractivity contribution < 1.29 is 4.21 Å². The van der Waals surface area contributed by atoms with E-state index in [2.05, 4.69) is 0 Å². The molecular formula is C5H9Cl2NOS. The lowest BCUT2D eigenvalue weighted by Crippen LogP contribution is -2.08. The summed E-state index contributed by atoms with van der Waals surface area (Å²) in [4.78, 5) is 0. The molecule has 2 nitrogen and oxygen atoms in total. The summed E-state index contributed by atoms with van der Waals surface area (Å²) in [7, 11) is -1.20. The Kier molecular flexibility index (Phi) is 2.61. The third-order valence-electron chi connectivity index (χ3n) is 1.62. The molecular weight excluding hydrogens is 193 g/mol. The van der Waals surface area contributed by atoms with Crippen LogP contribution >= 0.6 is 23.2 Å². The minimum Gasteiger partial charge on any atom is -0.252 e. The van der Waals surface area contributed by atoms with E-state index in [-0.39, 0.29) is 0 Å². The summed E-state index contributed by atoms with van der Waals surface area (Å²) < 4.78 is 9.85. The number of hydrogen-bond donors (Lipinski definition) is 1. The Balaban J connectivity index is 2.13. The predicted molar refractivity (Wildman–Crippen MR) is 44.4 cm³/mol. The highest BCUT2D eigenvalue weighted by atomic mass is 35.5. The van der Waals surface area contributed by atoms with Gasteiger partial charge in [-0.15, -0.1) is 23.2 Å². The molecule has 1 saturated carbocycles. The summed E-state index contributed by atoms with van der Waals surface area (Å²) >= 11 is 11.4. The van der Waals surface area contributed by atoms with E-state index < -0.39 is 15.3 Å². The van der Waals surface area contributed by atoms with Crippen molar-refractivity contribution in [3.63, 3.8) is 0 Å². The molecule has 2 N–H and O–H groups in total.